The van der Waals surface area contributed by atoms with Gasteiger partial charge < -0.3 is 15.3 Å². The Morgan fingerprint density at radius 3 is 2.48 bits per heavy atom. The van der Waals surface area contributed by atoms with Gasteiger partial charge in [0.25, 0.3) is 0 Å². The van der Waals surface area contributed by atoms with Crippen LogP contribution < -0.4 is 5.32 Å². The van der Waals surface area contributed by atoms with Gasteiger partial charge in [0, 0.05) is 31.8 Å². The topological polar surface area (TPSA) is 69.6 Å². The quantitative estimate of drug-likeness (QED) is 0.848. The maximum absolute atomic E-state index is 12.4. The van der Waals surface area contributed by atoms with Crippen molar-refractivity contribution in [3.05, 3.63) is 65.7 Å². The lowest BCUT2D eigenvalue weighted by Gasteiger charge is -2.16. The van der Waals surface area contributed by atoms with Gasteiger partial charge in [0.15, 0.2) is 0 Å². The normalized spacial score (nSPS) is 16.9. The molecule has 0 spiro atoms. The molecule has 1 fully saturated rings. The fraction of sp³-hybridized carbons (Fsp3) is 0.300. The summed E-state index contributed by atoms with van der Waals surface area (Å²) in [4.78, 5) is 26.4. The summed E-state index contributed by atoms with van der Waals surface area (Å²) in [5, 5.41) is 11.8. The van der Waals surface area contributed by atoms with Crippen LogP contribution in [0.5, 0.6) is 0 Å². The third-order valence-electron chi connectivity index (χ3n) is 4.42. The van der Waals surface area contributed by atoms with Crippen molar-refractivity contribution < 1.29 is 14.7 Å². The van der Waals surface area contributed by atoms with Gasteiger partial charge in [-0.25, -0.2) is 0 Å². The molecule has 1 atom stereocenters. The second-order valence-electron chi connectivity index (χ2n) is 6.32. The van der Waals surface area contributed by atoms with Crippen LogP contribution in [0.3, 0.4) is 0 Å². The molecule has 3 rings (SSSR count). The number of nitrogens with one attached hydrogen (secondary N) is 1. The van der Waals surface area contributed by atoms with Crippen molar-refractivity contribution in [1.29, 1.82) is 0 Å². The minimum atomic E-state index is -0.326. The lowest BCUT2D eigenvalue weighted by molar-refractivity contribution is -0.128. The maximum Gasteiger partial charge on any atom is 0.229 e. The molecule has 1 unspecified atom stereocenters. The Hall–Kier alpha value is -2.66. The van der Waals surface area contributed by atoms with Gasteiger partial charge in [-0.05, 0) is 29.7 Å². The molecule has 2 N–H and O–H groups in total. The molecule has 1 saturated heterocycles. The number of rotatable bonds is 6. The second kappa shape index (κ2) is 7.94. The van der Waals surface area contributed by atoms with Crippen molar-refractivity contribution in [2.24, 2.45) is 5.92 Å². The van der Waals surface area contributed by atoms with Gasteiger partial charge in [0.1, 0.15) is 0 Å². The summed E-state index contributed by atoms with van der Waals surface area (Å²) < 4.78 is 0. The number of aliphatic hydroxyl groups is 1. The average molecular weight is 338 g/mol. The van der Waals surface area contributed by atoms with Gasteiger partial charge in [-0.15, -0.1) is 0 Å². The highest BCUT2D eigenvalue weighted by molar-refractivity contribution is 5.97. The standard InChI is InChI=1S/C20H22N2O3/c23-11-10-15-6-8-18(9-7-15)21-20(25)17-12-19(24)22(14-17)13-16-4-2-1-3-5-16/h1-9,17,23H,10-14H2,(H,21,25). The molecule has 0 bridgehead atoms. The Bertz CT molecular complexity index is 728. The highest BCUT2D eigenvalue weighted by Crippen LogP contribution is 2.22. The molecular weight excluding hydrogens is 316 g/mol. The van der Waals surface area contributed by atoms with E-state index >= 15 is 0 Å². The van der Waals surface area contributed by atoms with E-state index in [0.717, 1.165) is 11.1 Å². The van der Waals surface area contributed by atoms with Crippen molar-refractivity contribution in [1.82, 2.24) is 4.90 Å². The number of benzene rings is 2. The maximum atomic E-state index is 12.4. The lowest BCUT2D eigenvalue weighted by atomic mass is 10.1. The van der Waals surface area contributed by atoms with E-state index in [0.29, 0.717) is 25.2 Å². The lowest BCUT2D eigenvalue weighted by Crippen LogP contribution is -2.28. The summed E-state index contributed by atoms with van der Waals surface area (Å²) in [7, 11) is 0. The highest BCUT2D eigenvalue weighted by Gasteiger charge is 2.34. The summed E-state index contributed by atoms with van der Waals surface area (Å²) in [6, 6.07) is 17.2. The molecule has 1 aliphatic heterocycles. The molecule has 1 aliphatic rings. The van der Waals surface area contributed by atoms with E-state index in [-0.39, 0.29) is 30.8 Å². The third kappa shape index (κ3) is 4.45. The molecule has 25 heavy (non-hydrogen) atoms. The fourth-order valence-corrected chi connectivity index (χ4v) is 3.03. The first-order chi connectivity index (χ1) is 12.2. The van der Waals surface area contributed by atoms with E-state index in [1.54, 1.807) is 4.90 Å². The molecule has 2 aromatic carbocycles. The SMILES string of the molecule is O=C(Nc1ccc(CCO)cc1)C1CC(=O)N(Cc2ccccc2)C1. The average Bonchev–Trinajstić information content (AvgIpc) is 2.99. The number of anilines is 1. The van der Waals surface area contributed by atoms with Crippen molar-refractivity contribution >= 4 is 17.5 Å². The van der Waals surface area contributed by atoms with Crippen LogP contribution in [-0.4, -0.2) is 35.0 Å². The van der Waals surface area contributed by atoms with E-state index in [4.69, 9.17) is 5.11 Å². The molecule has 0 radical (unpaired) electrons. The molecule has 2 aromatic rings. The predicted molar refractivity (Wildman–Crippen MR) is 95.8 cm³/mol. The van der Waals surface area contributed by atoms with Gasteiger partial charge in [-0.1, -0.05) is 42.5 Å². The van der Waals surface area contributed by atoms with Crippen LogP contribution in [-0.2, 0) is 22.6 Å². The van der Waals surface area contributed by atoms with E-state index in [2.05, 4.69) is 5.32 Å². The Balaban J connectivity index is 1.57. The largest absolute Gasteiger partial charge is 0.396 e. The van der Waals surface area contributed by atoms with Gasteiger partial charge in [-0.2, -0.15) is 0 Å². The van der Waals surface area contributed by atoms with Gasteiger partial charge in [0.2, 0.25) is 11.8 Å². The Morgan fingerprint density at radius 1 is 1.08 bits per heavy atom. The predicted octanol–water partition coefficient (Wildman–Crippen LogP) is 2.21. The van der Waals surface area contributed by atoms with E-state index in [1.165, 1.54) is 0 Å². The number of carbonyl (C=O) groups excluding carboxylic acids is 2. The number of amides is 2. The summed E-state index contributed by atoms with van der Waals surface area (Å²) in [6.45, 7) is 1.09. The number of aliphatic hydroxyl groups excluding tert-OH is 1. The van der Waals surface area contributed by atoms with Crippen LogP contribution in [0.25, 0.3) is 0 Å². The first-order valence-corrected chi connectivity index (χ1v) is 8.48. The van der Waals surface area contributed by atoms with Crippen LogP contribution in [0, 0.1) is 5.92 Å². The molecule has 130 valence electrons. The summed E-state index contributed by atoms with van der Waals surface area (Å²) >= 11 is 0. The molecule has 0 aromatic heterocycles. The zero-order chi connectivity index (χ0) is 17.6. The Kier molecular flexibility index (Phi) is 5.46. The van der Waals surface area contributed by atoms with Crippen LogP contribution >= 0.6 is 0 Å². The van der Waals surface area contributed by atoms with E-state index < -0.39 is 0 Å². The minimum absolute atomic E-state index is 0.0160. The molecule has 0 aliphatic carbocycles. The number of likely N-dealkylation sites (tertiary alicyclic amines) is 1. The summed E-state index contributed by atoms with van der Waals surface area (Å²) in [5.41, 5.74) is 2.79. The Labute approximate surface area is 147 Å². The van der Waals surface area contributed by atoms with Crippen molar-refractivity contribution in [3.8, 4) is 0 Å². The van der Waals surface area contributed by atoms with Gasteiger partial charge >= 0.3 is 0 Å². The molecule has 0 saturated carbocycles. The molecular formula is C20H22N2O3. The molecule has 1 heterocycles. The second-order valence-corrected chi connectivity index (χ2v) is 6.32. The van der Waals surface area contributed by atoms with Crippen molar-refractivity contribution in [3.63, 3.8) is 0 Å². The van der Waals surface area contributed by atoms with Crippen LogP contribution in [0.1, 0.15) is 17.5 Å². The summed E-state index contributed by atoms with van der Waals surface area (Å²) in [5.74, 6) is -0.436. The van der Waals surface area contributed by atoms with Crippen LogP contribution in [0.15, 0.2) is 54.6 Å². The number of carbonyl (C=O) groups is 2. The number of hydrogen-bond acceptors (Lipinski definition) is 3. The van der Waals surface area contributed by atoms with Gasteiger partial charge in [0.05, 0.1) is 5.92 Å². The van der Waals surface area contributed by atoms with Gasteiger partial charge in [-0.3, -0.25) is 9.59 Å². The number of nitrogens with zero attached hydrogens (tertiary/aromatic N) is 1. The minimum Gasteiger partial charge on any atom is -0.396 e. The van der Waals surface area contributed by atoms with Crippen LogP contribution in [0.4, 0.5) is 5.69 Å². The first-order valence-electron chi connectivity index (χ1n) is 8.48. The van der Waals surface area contributed by atoms with Crippen molar-refractivity contribution in [2.75, 3.05) is 18.5 Å². The zero-order valence-electron chi connectivity index (χ0n) is 14.0. The molecule has 2 amide bonds. The van der Waals surface area contributed by atoms with Crippen molar-refractivity contribution in [2.45, 2.75) is 19.4 Å². The first kappa shape index (κ1) is 17.2. The number of hydrogen-bond donors (Lipinski definition) is 2. The van der Waals surface area contributed by atoms with Crippen LogP contribution in [0.2, 0.25) is 0 Å². The van der Waals surface area contributed by atoms with E-state index in [9.17, 15) is 9.59 Å². The molecule has 5 nitrogen and oxygen atoms in total. The zero-order valence-corrected chi connectivity index (χ0v) is 14.0. The monoisotopic (exact) mass is 338 g/mol. The third-order valence-corrected chi connectivity index (χ3v) is 4.42. The fourth-order valence-electron chi connectivity index (χ4n) is 3.03. The smallest absolute Gasteiger partial charge is 0.229 e. The summed E-state index contributed by atoms with van der Waals surface area (Å²) in [6.07, 6.45) is 0.848. The highest BCUT2D eigenvalue weighted by atomic mass is 16.3. The Morgan fingerprint density at radius 2 is 1.80 bits per heavy atom. The molecule has 5 heteroatoms. The van der Waals surface area contributed by atoms with E-state index in [1.807, 2.05) is 54.6 Å².